The molecule has 6 heterocycles. The van der Waals surface area contributed by atoms with Crippen LogP contribution in [0.15, 0.2) is 18.2 Å². The van der Waals surface area contributed by atoms with Gasteiger partial charge in [0.15, 0.2) is 10.9 Å². The number of ether oxygens (including phenoxy) is 1. The number of thiazole rings is 1. The van der Waals surface area contributed by atoms with E-state index in [-0.39, 0.29) is 37.5 Å². The minimum Gasteiger partial charge on any atom is -0.467 e. The second kappa shape index (κ2) is 11.0. The number of rotatable bonds is 3. The smallest absolute Gasteiger partial charge is 0.318 e. The molecule has 2 aromatic heterocycles. The van der Waals surface area contributed by atoms with Gasteiger partial charge in [-0.3, -0.25) is 4.90 Å². The summed E-state index contributed by atoms with van der Waals surface area (Å²) in [6, 6.07) is 5.79. The minimum atomic E-state index is -0.642. The minimum absolute atomic E-state index is 0.0673. The Bertz CT molecular complexity index is 1650. The zero-order valence-electron chi connectivity index (χ0n) is 23.0. The van der Waals surface area contributed by atoms with Gasteiger partial charge in [-0.25, -0.2) is 18.2 Å². The van der Waals surface area contributed by atoms with Crippen molar-refractivity contribution in [2.45, 2.75) is 56.4 Å². The Hall–Kier alpha value is -2.93. The molecule has 4 aliphatic rings. The number of alkyl halides is 1. The number of halogens is 4. The van der Waals surface area contributed by atoms with Gasteiger partial charge in [0.1, 0.15) is 23.3 Å². The van der Waals surface area contributed by atoms with Crippen LogP contribution in [0, 0.1) is 11.6 Å². The number of piperazine rings is 1. The number of nitrogen functional groups attached to an aromatic ring is 1. The third-order valence-electron chi connectivity index (χ3n) is 8.78. The molecule has 0 radical (unpaired) electrons. The van der Waals surface area contributed by atoms with E-state index in [1.165, 1.54) is 32.1 Å². The Kier molecular flexibility index (Phi) is 7.28. The fourth-order valence-electron chi connectivity index (χ4n) is 6.93. The molecule has 13 heteroatoms. The summed E-state index contributed by atoms with van der Waals surface area (Å²) in [5, 5.41) is 4.43. The highest BCUT2D eigenvalue weighted by atomic mass is 35.5. The molecule has 2 aromatic carbocycles. The van der Waals surface area contributed by atoms with Crippen molar-refractivity contribution in [3.63, 3.8) is 0 Å². The Morgan fingerprint density at radius 1 is 1.07 bits per heavy atom. The van der Waals surface area contributed by atoms with Gasteiger partial charge in [-0.1, -0.05) is 22.9 Å². The summed E-state index contributed by atoms with van der Waals surface area (Å²) in [4.78, 5) is 17.5. The first-order valence-electron chi connectivity index (χ1n) is 14.3. The predicted molar refractivity (Wildman–Crippen MR) is 160 cm³/mol. The lowest BCUT2D eigenvalue weighted by molar-refractivity contribution is 0.292. The number of fused-ring (bicyclic) bond motifs is 5. The molecule has 8 nitrogen and oxygen atoms in total. The number of benzene rings is 2. The van der Waals surface area contributed by atoms with Crippen LogP contribution in [-0.2, 0) is 0 Å². The van der Waals surface area contributed by atoms with Crippen LogP contribution in [-0.4, -0.2) is 77.4 Å². The van der Waals surface area contributed by atoms with Gasteiger partial charge >= 0.3 is 6.01 Å². The summed E-state index contributed by atoms with van der Waals surface area (Å²) >= 11 is 7.64. The Morgan fingerprint density at radius 3 is 2.60 bits per heavy atom. The lowest BCUT2D eigenvalue weighted by atomic mass is 10.0. The van der Waals surface area contributed by atoms with Crippen molar-refractivity contribution >= 4 is 55.0 Å². The summed E-state index contributed by atoms with van der Waals surface area (Å²) in [6.45, 7) is 3.36. The number of anilines is 2. The number of hydrogen-bond donors (Lipinski definition) is 2. The van der Waals surface area contributed by atoms with Gasteiger partial charge in [0, 0.05) is 54.3 Å². The molecule has 222 valence electrons. The Labute approximate surface area is 250 Å². The fourth-order valence-corrected chi connectivity index (χ4v) is 7.99. The van der Waals surface area contributed by atoms with E-state index in [1.807, 2.05) is 0 Å². The number of hydrogen-bond acceptors (Lipinski definition) is 9. The molecule has 0 aliphatic carbocycles. The van der Waals surface area contributed by atoms with Crippen LogP contribution in [0.2, 0.25) is 5.02 Å². The van der Waals surface area contributed by atoms with Crippen molar-refractivity contribution < 1.29 is 17.9 Å². The van der Waals surface area contributed by atoms with E-state index in [4.69, 9.17) is 22.1 Å². The molecule has 4 aliphatic heterocycles. The summed E-state index contributed by atoms with van der Waals surface area (Å²) in [7, 11) is 1.45. The second-order valence-corrected chi connectivity index (χ2v) is 12.9. The van der Waals surface area contributed by atoms with E-state index in [9.17, 15) is 8.78 Å². The van der Waals surface area contributed by atoms with E-state index in [2.05, 4.69) is 30.1 Å². The molecule has 4 saturated heterocycles. The van der Waals surface area contributed by atoms with Gasteiger partial charge in [-0.05, 0) is 56.8 Å². The number of nitrogens with one attached hydrogen (secondary N) is 1. The average Bonchev–Trinajstić information content (AvgIpc) is 3.74. The van der Waals surface area contributed by atoms with E-state index in [0.29, 0.717) is 41.4 Å². The molecule has 8 rings (SSSR count). The van der Waals surface area contributed by atoms with Crippen LogP contribution in [0.3, 0.4) is 0 Å². The molecular formula is C29H31ClF3N7OS. The predicted octanol–water partition coefficient (Wildman–Crippen LogP) is 5.56. The maximum absolute atomic E-state index is 16.1. The van der Waals surface area contributed by atoms with E-state index in [1.54, 1.807) is 6.07 Å². The lowest BCUT2D eigenvalue weighted by Gasteiger charge is -2.34. The van der Waals surface area contributed by atoms with E-state index in [0.717, 1.165) is 50.2 Å². The SMILES string of the molecule is COc1nc(N2CC3CCC(C2)N3)c2cc(Cl)c(-c3ccc(F)c4sc(N)nc34)c(F)c2n1.FC1CC2CCCN2C1. The summed E-state index contributed by atoms with van der Waals surface area (Å²) in [6.07, 6.45) is 5.00. The standard InChI is InChI=1S/C22H19ClF2N6OS.C7H12FN/c1-32-22-29-17-12(20(30-22)31-7-9-2-3-10(8-31)27-9)6-13(23)15(16(17)25)11-4-5-14(24)19-18(11)28-21(26)33-19;8-6-4-7-2-1-3-9(7)5-6/h4-6,9-10,27H,2-3,7-8H2,1H3,(H2,26,28);6-7H,1-5H2. The average molecular weight is 618 g/mol. The second-order valence-electron chi connectivity index (χ2n) is 11.5. The first-order valence-corrected chi connectivity index (χ1v) is 15.5. The molecule has 4 atom stereocenters. The summed E-state index contributed by atoms with van der Waals surface area (Å²) in [5.41, 5.74) is 6.59. The highest BCUT2D eigenvalue weighted by Crippen LogP contribution is 2.43. The summed E-state index contributed by atoms with van der Waals surface area (Å²) in [5.74, 6) is -0.526. The number of nitrogens with zero attached hydrogens (tertiary/aromatic N) is 5. The number of aromatic nitrogens is 3. The number of nitrogens with two attached hydrogens (primary N) is 1. The van der Waals surface area contributed by atoms with Gasteiger partial charge in [-0.15, -0.1) is 0 Å². The third-order valence-corrected chi connectivity index (χ3v) is 9.97. The molecule has 4 fully saturated rings. The molecular weight excluding hydrogens is 587 g/mol. The molecule has 2 bridgehead atoms. The zero-order chi connectivity index (χ0) is 29.1. The van der Waals surface area contributed by atoms with Gasteiger partial charge in [0.25, 0.3) is 0 Å². The maximum Gasteiger partial charge on any atom is 0.318 e. The molecule has 4 unspecified atom stereocenters. The maximum atomic E-state index is 16.1. The van der Waals surface area contributed by atoms with Crippen molar-refractivity contribution in [1.82, 2.24) is 25.2 Å². The monoisotopic (exact) mass is 617 g/mol. The van der Waals surface area contributed by atoms with Crippen molar-refractivity contribution in [1.29, 1.82) is 0 Å². The van der Waals surface area contributed by atoms with Crippen LogP contribution in [0.1, 0.15) is 32.1 Å². The fraction of sp³-hybridized carbons (Fsp3) is 0.483. The molecule has 0 amide bonds. The highest BCUT2D eigenvalue weighted by Gasteiger charge is 2.35. The molecule has 0 saturated carbocycles. The third kappa shape index (κ3) is 4.91. The molecule has 42 heavy (non-hydrogen) atoms. The van der Waals surface area contributed by atoms with Gasteiger partial charge in [0.2, 0.25) is 0 Å². The topological polar surface area (TPSA) is 92.4 Å². The quantitative estimate of drug-likeness (QED) is 0.309. The van der Waals surface area contributed by atoms with Crippen LogP contribution in [0.25, 0.3) is 32.2 Å². The Balaban J connectivity index is 0.000000272. The normalized spacial score (nSPS) is 25.2. The van der Waals surface area contributed by atoms with Crippen molar-refractivity contribution in [3.05, 3.63) is 34.9 Å². The molecule has 0 spiro atoms. The van der Waals surface area contributed by atoms with Crippen molar-refractivity contribution in [3.8, 4) is 17.1 Å². The molecule has 3 N–H and O–H groups in total. The number of methoxy groups -OCH3 is 1. The first-order chi connectivity index (χ1) is 20.3. The van der Waals surface area contributed by atoms with Crippen LogP contribution < -0.4 is 20.7 Å². The van der Waals surface area contributed by atoms with Gasteiger partial charge in [0.05, 0.1) is 22.3 Å². The van der Waals surface area contributed by atoms with Gasteiger partial charge < -0.3 is 20.7 Å². The Morgan fingerprint density at radius 2 is 1.86 bits per heavy atom. The van der Waals surface area contributed by atoms with Crippen LogP contribution in [0.4, 0.5) is 24.1 Å². The highest BCUT2D eigenvalue weighted by molar-refractivity contribution is 7.22. The summed E-state index contributed by atoms with van der Waals surface area (Å²) < 4.78 is 48.5. The van der Waals surface area contributed by atoms with Crippen LogP contribution in [0.5, 0.6) is 6.01 Å². The largest absolute Gasteiger partial charge is 0.467 e. The van der Waals surface area contributed by atoms with Gasteiger partial charge in [-0.2, -0.15) is 9.97 Å². The van der Waals surface area contributed by atoms with E-state index < -0.39 is 17.8 Å². The molecule has 4 aromatic rings. The lowest BCUT2D eigenvalue weighted by Crippen LogP contribution is -2.51. The van der Waals surface area contributed by atoms with Crippen LogP contribution >= 0.6 is 22.9 Å². The van der Waals surface area contributed by atoms with Crippen molar-refractivity contribution in [2.24, 2.45) is 0 Å². The first kappa shape index (κ1) is 27.9. The van der Waals surface area contributed by atoms with Crippen molar-refractivity contribution in [2.75, 3.05) is 43.9 Å². The zero-order valence-corrected chi connectivity index (χ0v) is 24.6. The van der Waals surface area contributed by atoms with E-state index >= 15 is 4.39 Å².